The smallest absolute Gasteiger partial charge is 0.322 e. The summed E-state index contributed by atoms with van der Waals surface area (Å²) in [5.41, 5.74) is 1.48. The maximum Gasteiger partial charge on any atom is 0.322 e. The molecule has 1 rings (SSSR count). The molecule has 20 heavy (non-hydrogen) atoms. The molecule has 2 N–H and O–H groups in total. The van der Waals surface area contributed by atoms with E-state index in [4.69, 9.17) is 5.11 Å². The van der Waals surface area contributed by atoms with Crippen molar-refractivity contribution in [2.45, 2.75) is 39.7 Å². The van der Waals surface area contributed by atoms with Crippen LogP contribution in [-0.2, 0) is 18.3 Å². The van der Waals surface area contributed by atoms with Crippen LogP contribution in [0.4, 0.5) is 10.5 Å². The summed E-state index contributed by atoms with van der Waals surface area (Å²) in [6.07, 6.45) is 2.38. The maximum absolute atomic E-state index is 12.2. The van der Waals surface area contributed by atoms with Gasteiger partial charge in [-0.05, 0) is 20.3 Å². The van der Waals surface area contributed by atoms with Gasteiger partial charge < -0.3 is 15.3 Å². The number of rotatable bonds is 6. The minimum Gasteiger partial charge on any atom is -0.481 e. The Balaban J connectivity index is 2.79. The van der Waals surface area contributed by atoms with Gasteiger partial charge >= 0.3 is 12.0 Å². The van der Waals surface area contributed by atoms with Gasteiger partial charge in [-0.25, -0.2) is 4.79 Å². The van der Waals surface area contributed by atoms with Gasteiger partial charge in [-0.15, -0.1) is 0 Å². The summed E-state index contributed by atoms with van der Waals surface area (Å²) in [7, 11) is 1.79. The second-order valence-electron chi connectivity index (χ2n) is 4.68. The number of hydrogen-bond donors (Lipinski definition) is 2. The highest BCUT2D eigenvalue weighted by Crippen LogP contribution is 2.15. The Morgan fingerprint density at radius 2 is 2.15 bits per heavy atom. The molecule has 0 aliphatic heterocycles. The summed E-state index contributed by atoms with van der Waals surface area (Å²) in [6.45, 7) is 5.95. The molecule has 0 fully saturated rings. The monoisotopic (exact) mass is 282 g/mol. The molecule has 2 amide bonds. The lowest BCUT2D eigenvalue weighted by atomic mass is 10.2. The average Bonchev–Trinajstić information content (AvgIpc) is 2.69. The zero-order valence-corrected chi connectivity index (χ0v) is 12.4. The van der Waals surface area contributed by atoms with Crippen LogP contribution in [0.25, 0.3) is 0 Å². The molecule has 0 spiro atoms. The van der Waals surface area contributed by atoms with E-state index in [-0.39, 0.29) is 18.5 Å². The normalized spacial score (nSPS) is 12.0. The molecule has 1 aromatic heterocycles. The van der Waals surface area contributed by atoms with Gasteiger partial charge in [0.2, 0.25) is 0 Å². The Hall–Kier alpha value is -2.05. The molecule has 7 nitrogen and oxygen atoms in total. The van der Waals surface area contributed by atoms with Crippen LogP contribution in [0.15, 0.2) is 6.20 Å². The van der Waals surface area contributed by atoms with Crippen molar-refractivity contribution in [2.75, 3.05) is 11.9 Å². The van der Waals surface area contributed by atoms with Crippen molar-refractivity contribution in [3.8, 4) is 0 Å². The molecule has 7 heteroatoms. The summed E-state index contributed by atoms with van der Waals surface area (Å²) in [5, 5.41) is 15.9. The topological polar surface area (TPSA) is 87.5 Å². The molecule has 0 aromatic carbocycles. The highest BCUT2D eigenvalue weighted by Gasteiger charge is 2.21. The Bertz CT molecular complexity index is 484. The minimum absolute atomic E-state index is 0.0745. The number of aromatic nitrogens is 2. The fourth-order valence-corrected chi connectivity index (χ4v) is 2.11. The molecular weight excluding hydrogens is 260 g/mol. The number of aliphatic carboxylic acids is 1. The third kappa shape index (κ3) is 3.97. The Labute approximate surface area is 118 Å². The number of amides is 2. The van der Waals surface area contributed by atoms with Crippen molar-refractivity contribution in [1.29, 1.82) is 0 Å². The fraction of sp³-hybridized carbons (Fsp3) is 0.615. The first-order valence-electron chi connectivity index (χ1n) is 6.70. The van der Waals surface area contributed by atoms with Crippen LogP contribution in [0.5, 0.6) is 0 Å². The van der Waals surface area contributed by atoms with Gasteiger partial charge in [0, 0.05) is 25.8 Å². The summed E-state index contributed by atoms with van der Waals surface area (Å²) in [5.74, 6) is -0.917. The van der Waals surface area contributed by atoms with Crippen LogP contribution in [0.3, 0.4) is 0 Å². The number of hydrogen-bond acceptors (Lipinski definition) is 3. The van der Waals surface area contributed by atoms with E-state index < -0.39 is 5.97 Å². The summed E-state index contributed by atoms with van der Waals surface area (Å²) in [6, 6.07) is -0.664. The highest BCUT2D eigenvalue weighted by atomic mass is 16.4. The van der Waals surface area contributed by atoms with Gasteiger partial charge in [0.1, 0.15) is 0 Å². The van der Waals surface area contributed by atoms with Crippen molar-refractivity contribution < 1.29 is 14.7 Å². The van der Waals surface area contributed by atoms with Gasteiger partial charge in [-0.3, -0.25) is 9.48 Å². The molecule has 0 radical (unpaired) electrons. The van der Waals surface area contributed by atoms with Gasteiger partial charge in [-0.1, -0.05) is 6.92 Å². The summed E-state index contributed by atoms with van der Waals surface area (Å²) in [4.78, 5) is 24.5. The Morgan fingerprint density at radius 1 is 1.50 bits per heavy atom. The molecule has 1 heterocycles. The summed E-state index contributed by atoms with van der Waals surface area (Å²) < 4.78 is 1.64. The van der Waals surface area contributed by atoms with Gasteiger partial charge in [0.25, 0.3) is 0 Å². The minimum atomic E-state index is -0.917. The van der Waals surface area contributed by atoms with E-state index in [9.17, 15) is 9.59 Å². The zero-order valence-electron chi connectivity index (χ0n) is 12.4. The van der Waals surface area contributed by atoms with Crippen molar-refractivity contribution >= 4 is 17.7 Å². The molecule has 1 aromatic rings. The number of carbonyl (C=O) groups is 2. The lowest BCUT2D eigenvalue weighted by Gasteiger charge is -2.27. The van der Waals surface area contributed by atoms with Crippen LogP contribution < -0.4 is 5.32 Å². The number of nitrogens with one attached hydrogen (secondary N) is 1. The van der Waals surface area contributed by atoms with Crippen molar-refractivity contribution in [1.82, 2.24) is 14.7 Å². The van der Waals surface area contributed by atoms with Crippen LogP contribution in [0, 0.1) is 0 Å². The largest absolute Gasteiger partial charge is 0.481 e. The quantitative estimate of drug-likeness (QED) is 0.831. The number of anilines is 1. The SMILES string of the molecule is CCc1nn(C)cc1NC(=O)N(CC)C(C)CC(=O)O. The third-order valence-electron chi connectivity index (χ3n) is 3.09. The first kappa shape index (κ1) is 16.0. The second-order valence-corrected chi connectivity index (χ2v) is 4.68. The number of urea groups is 1. The van der Waals surface area contributed by atoms with Crippen LogP contribution >= 0.6 is 0 Å². The molecule has 0 aliphatic rings. The van der Waals surface area contributed by atoms with Gasteiger partial charge in [-0.2, -0.15) is 5.10 Å². The molecule has 1 atom stereocenters. The van der Waals surface area contributed by atoms with E-state index in [0.717, 1.165) is 5.69 Å². The number of aryl methyl sites for hydroxylation is 2. The number of carboxylic acid groups (broad SMARTS) is 1. The molecule has 0 bridgehead atoms. The molecule has 0 saturated carbocycles. The van der Waals surface area contributed by atoms with E-state index in [2.05, 4.69) is 10.4 Å². The molecule has 0 saturated heterocycles. The van der Waals surface area contributed by atoms with Crippen LogP contribution in [-0.4, -0.2) is 44.4 Å². The number of carbonyl (C=O) groups excluding carboxylic acids is 1. The van der Waals surface area contributed by atoms with Gasteiger partial charge in [0.05, 0.1) is 17.8 Å². The van der Waals surface area contributed by atoms with Crippen molar-refractivity contribution in [2.24, 2.45) is 7.05 Å². The molecule has 0 aliphatic carbocycles. The number of nitrogens with zero attached hydrogens (tertiary/aromatic N) is 3. The lowest BCUT2D eigenvalue weighted by Crippen LogP contribution is -2.42. The lowest BCUT2D eigenvalue weighted by molar-refractivity contribution is -0.137. The Morgan fingerprint density at radius 3 is 2.65 bits per heavy atom. The van der Waals surface area contributed by atoms with Crippen molar-refractivity contribution in [3.05, 3.63) is 11.9 Å². The maximum atomic E-state index is 12.2. The fourth-order valence-electron chi connectivity index (χ4n) is 2.11. The molecule has 1 unspecified atom stereocenters. The van der Waals surface area contributed by atoms with E-state index in [1.807, 2.05) is 13.8 Å². The number of carboxylic acids is 1. The first-order chi connectivity index (χ1) is 9.38. The van der Waals surface area contributed by atoms with E-state index in [1.54, 1.807) is 24.9 Å². The second kappa shape index (κ2) is 6.93. The zero-order chi connectivity index (χ0) is 15.3. The predicted molar refractivity (Wildman–Crippen MR) is 75.7 cm³/mol. The third-order valence-corrected chi connectivity index (χ3v) is 3.09. The average molecular weight is 282 g/mol. The standard InChI is InChI=1S/C13H22N4O3/c1-5-10-11(8-16(4)15-10)14-13(20)17(6-2)9(3)7-12(18)19/h8-9H,5-7H2,1-4H3,(H,14,20)(H,18,19). The molecular formula is C13H22N4O3. The van der Waals surface area contributed by atoms with E-state index in [0.29, 0.717) is 18.7 Å². The van der Waals surface area contributed by atoms with Crippen LogP contribution in [0.2, 0.25) is 0 Å². The highest BCUT2D eigenvalue weighted by molar-refractivity contribution is 5.90. The van der Waals surface area contributed by atoms with E-state index in [1.165, 1.54) is 4.90 Å². The Kier molecular flexibility index (Phi) is 5.54. The van der Waals surface area contributed by atoms with Gasteiger partial charge in [0.15, 0.2) is 0 Å². The molecule has 112 valence electrons. The van der Waals surface area contributed by atoms with E-state index >= 15 is 0 Å². The predicted octanol–water partition coefficient (Wildman–Crippen LogP) is 1.70. The summed E-state index contributed by atoms with van der Waals surface area (Å²) >= 11 is 0. The first-order valence-corrected chi connectivity index (χ1v) is 6.70. The van der Waals surface area contributed by atoms with Crippen LogP contribution in [0.1, 0.15) is 32.9 Å². The van der Waals surface area contributed by atoms with Crippen molar-refractivity contribution in [3.63, 3.8) is 0 Å².